The van der Waals surface area contributed by atoms with E-state index < -0.39 is 12.0 Å². The number of nitrogens with zero attached hydrogens (tertiary/aromatic N) is 3. The maximum Gasteiger partial charge on any atom is 0.260 e. The number of hydrogen-bond donors (Lipinski definition) is 1. The Hall–Kier alpha value is -4.26. The van der Waals surface area contributed by atoms with Crippen LogP contribution < -0.4 is 15.4 Å². The van der Waals surface area contributed by atoms with Gasteiger partial charge >= 0.3 is 0 Å². The molecular weight excluding hydrogens is 392 g/mol. The van der Waals surface area contributed by atoms with Crippen molar-refractivity contribution in [2.24, 2.45) is 5.73 Å². The molecule has 1 atom stereocenters. The van der Waals surface area contributed by atoms with Crippen molar-refractivity contribution in [2.45, 2.75) is 6.10 Å². The summed E-state index contributed by atoms with van der Waals surface area (Å²) in [6, 6.07) is 20.1. The van der Waals surface area contributed by atoms with E-state index in [1.807, 2.05) is 42.5 Å². The Morgan fingerprint density at radius 2 is 1.74 bits per heavy atom. The Labute approximate surface area is 178 Å². The topological polar surface area (TPSA) is 98.4 Å². The Kier molecular flexibility index (Phi) is 4.55. The van der Waals surface area contributed by atoms with Crippen molar-refractivity contribution in [2.75, 3.05) is 11.4 Å². The molecule has 7 heteroatoms. The number of rotatable bonds is 3. The number of benzene rings is 2. The van der Waals surface area contributed by atoms with Gasteiger partial charge in [0, 0.05) is 23.3 Å². The first-order valence-corrected chi connectivity index (χ1v) is 9.79. The van der Waals surface area contributed by atoms with E-state index in [1.54, 1.807) is 41.6 Å². The van der Waals surface area contributed by atoms with E-state index in [4.69, 9.17) is 15.5 Å². The van der Waals surface area contributed by atoms with Crippen molar-refractivity contribution >= 4 is 28.4 Å². The van der Waals surface area contributed by atoms with Gasteiger partial charge in [-0.05, 0) is 36.4 Å². The average Bonchev–Trinajstić information content (AvgIpc) is 2.82. The second kappa shape index (κ2) is 7.53. The third kappa shape index (κ3) is 3.36. The van der Waals surface area contributed by atoms with Crippen LogP contribution in [0.2, 0.25) is 0 Å². The third-order valence-corrected chi connectivity index (χ3v) is 5.26. The molecule has 1 unspecified atom stereocenters. The van der Waals surface area contributed by atoms with Gasteiger partial charge in [0.2, 0.25) is 0 Å². The zero-order valence-electron chi connectivity index (χ0n) is 16.4. The number of fused-ring (bicyclic) bond motifs is 2. The maximum absolute atomic E-state index is 13.8. The van der Waals surface area contributed by atoms with E-state index in [2.05, 4.69) is 4.98 Å². The van der Waals surface area contributed by atoms with E-state index in [9.17, 15) is 9.59 Å². The average molecular weight is 410 g/mol. The van der Waals surface area contributed by atoms with Crippen molar-refractivity contribution in [3.05, 3.63) is 84.7 Å². The highest BCUT2D eigenvalue weighted by Gasteiger charge is 2.33. The molecule has 2 aromatic heterocycles. The Bertz CT molecular complexity index is 1310. The van der Waals surface area contributed by atoms with Crippen molar-refractivity contribution in [1.29, 1.82) is 0 Å². The van der Waals surface area contributed by atoms with Crippen LogP contribution in [0, 0.1) is 0 Å². The lowest BCUT2D eigenvalue weighted by molar-refractivity contribution is -0.124. The maximum atomic E-state index is 13.8. The normalized spacial score (nSPS) is 15.2. The number of primary amides is 1. The molecule has 0 spiro atoms. The van der Waals surface area contributed by atoms with Crippen LogP contribution in [0.5, 0.6) is 5.75 Å². The number of amides is 2. The molecule has 0 saturated carbocycles. The van der Waals surface area contributed by atoms with Crippen LogP contribution >= 0.6 is 0 Å². The number of aromatic nitrogens is 2. The van der Waals surface area contributed by atoms with Gasteiger partial charge in [-0.15, -0.1) is 0 Å². The summed E-state index contributed by atoms with van der Waals surface area (Å²) < 4.78 is 5.70. The van der Waals surface area contributed by atoms with Crippen LogP contribution in [0.3, 0.4) is 0 Å². The summed E-state index contributed by atoms with van der Waals surface area (Å²) in [4.78, 5) is 36.0. The standard InChI is InChI=1S/C24H18N4O3/c25-23(29)22-14-28(20-7-3-4-8-21(20)31-22)24(30)17-13-19(15-9-11-26-12-10-15)27-18-6-2-1-5-16(17)18/h1-13,22H,14H2,(H2,25,29). The smallest absolute Gasteiger partial charge is 0.260 e. The third-order valence-electron chi connectivity index (χ3n) is 5.26. The van der Waals surface area contributed by atoms with Gasteiger partial charge in [-0.3, -0.25) is 14.6 Å². The van der Waals surface area contributed by atoms with Gasteiger partial charge < -0.3 is 15.4 Å². The highest BCUT2D eigenvalue weighted by atomic mass is 16.5. The second-order valence-corrected chi connectivity index (χ2v) is 7.20. The van der Waals surface area contributed by atoms with Gasteiger partial charge in [0.1, 0.15) is 5.75 Å². The molecule has 3 heterocycles. The van der Waals surface area contributed by atoms with E-state index in [-0.39, 0.29) is 12.5 Å². The predicted molar refractivity (Wildman–Crippen MR) is 117 cm³/mol. The highest BCUT2D eigenvalue weighted by Crippen LogP contribution is 2.35. The monoisotopic (exact) mass is 410 g/mol. The minimum Gasteiger partial charge on any atom is -0.477 e. The van der Waals surface area contributed by atoms with Gasteiger partial charge in [-0.25, -0.2) is 4.98 Å². The van der Waals surface area contributed by atoms with E-state index in [0.717, 1.165) is 10.9 Å². The highest BCUT2D eigenvalue weighted by molar-refractivity contribution is 6.15. The number of carbonyl (C=O) groups excluding carboxylic acids is 2. The summed E-state index contributed by atoms with van der Waals surface area (Å²) in [5.41, 5.74) is 8.80. The van der Waals surface area contributed by atoms with Crippen LogP contribution in [-0.2, 0) is 4.79 Å². The largest absolute Gasteiger partial charge is 0.477 e. The summed E-state index contributed by atoms with van der Waals surface area (Å²) in [5, 5.41) is 0.727. The van der Waals surface area contributed by atoms with Crippen LogP contribution in [0.15, 0.2) is 79.1 Å². The van der Waals surface area contributed by atoms with Gasteiger partial charge in [-0.1, -0.05) is 30.3 Å². The first-order valence-electron chi connectivity index (χ1n) is 9.79. The van der Waals surface area contributed by atoms with Crippen LogP contribution in [0.1, 0.15) is 10.4 Å². The number of para-hydroxylation sites is 3. The zero-order valence-corrected chi connectivity index (χ0v) is 16.4. The lowest BCUT2D eigenvalue weighted by Gasteiger charge is -2.33. The molecule has 0 aliphatic carbocycles. The Morgan fingerprint density at radius 3 is 2.55 bits per heavy atom. The fraction of sp³-hybridized carbons (Fsp3) is 0.0833. The zero-order chi connectivity index (χ0) is 21.4. The Balaban J connectivity index is 1.67. The lowest BCUT2D eigenvalue weighted by atomic mass is 10.0. The first kappa shape index (κ1) is 18.7. The molecule has 0 saturated heterocycles. The second-order valence-electron chi connectivity index (χ2n) is 7.20. The molecule has 7 nitrogen and oxygen atoms in total. The quantitative estimate of drug-likeness (QED) is 0.559. The number of ether oxygens (including phenoxy) is 1. The molecule has 1 aliphatic rings. The molecule has 2 N–H and O–H groups in total. The predicted octanol–water partition coefficient (Wildman–Crippen LogP) is 3.19. The molecular formula is C24H18N4O3. The van der Waals surface area contributed by atoms with Crippen LogP contribution in [-0.4, -0.2) is 34.4 Å². The molecule has 0 radical (unpaired) electrons. The molecule has 31 heavy (non-hydrogen) atoms. The summed E-state index contributed by atoms with van der Waals surface area (Å²) in [6.45, 7) is 0.0341. The van der Waals surface area contributed by atoms with Crippen LogP contribution in [0.4, 0.5) is 5.69 Å². The van der Waals surface area contributed by atoms with Gasteiger partial charge in [0.25, 0.3) is 11.8 Å². The molecule has 0 bridgehead atoms. The molecule has 2 amide bonds. The first-order chi connectivity index (χ1) is 15.1. The number of hydrogen-bond acceptors (Lipinski definition) is 5. The molecule has 4 aromatic rings. The molecule has 0 fully saturated rings. The van der Waals surface area contributed by atoms with Gasteiger partial charge in [0.05, 0.1) is 29.0 Å². The molecule has 152 valence electrons. The van der Waals surface area contributed by atoms with Gasteiger partial charge in [0.15, 0.2) is 6.10 Å². The fourth-order valence-electron chi connectivity index (χ4n) is 3.74. The number of nitrogens with two attached hydrogens (primary N) is 1. The minimum atomic E-state index is -0.924. The lowest BCUT2D eigenvalue weighted by Crippen LogP contribution is -2.49. The van der Waals surface area contributed by atoms with Crippen molar-refractivity contribution in [3.8, 4) is 17.0 Å². The summed E-state index contributed by atoms with van der Waals surface area (Å²) >= 11 is 0. The number of anilines is 1. The summed E-state index contributed by atoms with van der Waals surface area (Å²) in [5.74, 6) is -0.432. The van der Waals surface area contributed by atoms with Crippen molar-refractivity contribution in [3.63, 3.8) is 0 Å². The fourth-order valence-corrected chi connectivity index (χ4v) is 3.74. The van der Waals surface area contributed by atoms with E-state index in [1.165, 1.54) is 0 Å². The molecule has 5 rings (SSSR count). The molecule has 1 aliphatic heterocycles. The Morgan fingerprint density at radius 1 is 1.00 bits per heavy atom. The summed E-state index contributed by atoms with van der Waals surface area (Å²) in [7, 11) is 0. The number of carbonyl (C=O) groups is 2. The number of pyridine rings is 2. The molecule has 2 aromatic carbocycles. The minimum absolute atomic E-state index is 0.0341. The van der Waals surface area contributed by atoms with Crippen molar-refractivity contribution in [1.82, 2.24) is 9.97 Å². The van der Waals surface area contributed by atoms with Crippen molar-refractivity contribution < 1.29 is 14.3 Å². The SMILES string of the molecule is NC(=O)C1CN(C(=O)c2cc(-c3ccncc3)nc3ccccc23)c2ccccc2O1. The van der Waals surface area contributed by atoms with E-state index >= 15 is 0 Å². The summed E-state index contributed by atoms with van der Waals surface area (Å²) in [6.07, 6.45) is 2.44. The van der Waals surface area contributed by atoms with Gasteiger partial charge in [-0.2, -0.15) is 0 Å². The van der Waals surface area contributed by atoms with E-state index in [0.29, 0.717) is 28.2 Å². The van der Waals surface area contributed by atoms with Crippen LogP contribution in [0.25, 0.3) is 22.2 Å².